The minimum Gasteiger partial charge on any atom is -0.495 e. The number of nitrogens with one attached hydrogen (secondary N) is 1. The number of carbonyl (C=O) groups is 1. The lowest BCUT2D eigenvalue weighted by Gasteiger charge is -2.36. The zero-order chi connectivity index (χ0) is 22.2. The molecule has 2 aromatic rings. The van der Waals surface area contributed by atoms with E-state index in [2.05, 4.69) is 51.5 Å². The number of benzene rings is 2. The highest BCUT2D eigenvalue weighted by atomic mass is 16.5. The van der Waals surface area contributed by atoms with Gasteiger partial charge < -0.3 is 15.0 Å². The lowest BCUT2D eigenvalue weighted by atomic mass is 9.81. The topological polar surface area (TPSA) is 44.8 Å². The molecule has 1 aliphatic heterocycles. The van der Waals surface area contributed by atoms with Gasteiger partial charge in [0.15, 0.2) is 0 Å². The minimum absolute atomic E-state index is 0.145. The Bertz CT molecular complexity index is 843. The number of hydrogen-bond acceptors (Lipinski definition) is 4. The molecule has 1 saturated heterocycles. The second-order valence-electron chi connectivity index (χ2n) is 9.10. The molecule has 1 unspecified atom stereocenters. The predicted molar refractivity (Wildman–Crippen MR) is 130 cm³/mol. The van der Waals surface area contributed by atoms with Crippen molar-refractivity contribution in [3.05, 3.63) is 60.2 Å². The molecule has 1 saturated carbocycles. The van der Waals surface area contributed by atoms with Crippen molar-refractivity contribution in [2.24, 2.45) is 5.92 Å². The maximum absolute atomic E-state index is 12.9. The summed E-state index contributed by atoms with van der Waals surface area (Å²) >= 11 is 0. The number of hydrogen-bond donors (Lipinski definition) is 1. The van der Waals surface area contributed by atoms with Crippen LogP contribution in [-0.4, -0.2) is 50.6 Å². The third-order valence-electron chi connectivity index (χ3n) is 7.05. The van der Waals surface area contributed by atoms with Crippen molar-refractivity contribution in [3.63, 3.8) is 0 Å². The Morgan fingerprint density at radius 2 is 1.66 bits per heavy atom. The van der Waals surface area contributed by atoms with E-state index < -0.39 is 0 Å². The van der Waals surface area contributed by atoms with E-state index in [1.807, 2.05) is 18.2 Å². The second-order valence-corrected chi connectivity index (χ2v) is 9.10. The molecule has 2 fully saturated rings. The molecular weight excluding hydrogens is 398 g/mol. The fourth-order valence-corrected chi connectivity index (χ4v) is 5.21. The van der Waals surface area contributed by atoms with E-state index in [9.17, 15) is 4.79 Å². The first-order valence-corrected chi connectivity index (χ1v) is 12.2. The van der Waals surface area contributed by atoms with Crippen molar-refractivity contribution in [2.75, 3.05) is 44.7 Å². The van der Waals surface area contributed by atoms with Crippen LogP contribution in [0.4, 0.5) is 5.69 Å². The van der Waals surface area contributed by atoms with Gasteiger partial charge in [0.05, 0.1) is 18.8 Å². The lowest BCUT2D eigenvalue weighted by molar-refractivity contribution is -0.122. The van der Waals surface area contributed by atoms with Gasteiger partial charge in [0.2, 0.25) is 5.91 Å². The van der Waals surface area contributed by atoms with Crippen LogP contribution in [-0.2, 0) is 4.79 Å². The molecule has 1 heterocycles. The maximum atomic E-state index is 12.9. The van der Waals surface area contributed by atoms with Gasteiger partial charge in [-0.2, -0.15) is 0 Å². The van der Waals surface area contributed by atoms with Gasteiger partial charge in [-0.25, -0.2) is 0 Å². The molecule has 0 spiro atoms. The highest BCUT2D eigenvalue weighted by molar-refractivity contribution is 5.76. The first-order chi connectivity index (χ1) is 15.7. The summed E-state index contributed by atoms with van der Waals surface area (Å²) in [6.45, 7) is 4.66. The van der Waals surface area contributed by atoms with E-state index in [-0.39, 0.29) is 11.9 Å². The van der Waals surface area contributed by atoms with Gasteiger partial charge in [0.1, 0.15) is 5.75 Å². The zero-order valence-corrected chi connectivity index (χ0v) is 19.3. The van der Waals surface area contributed by atoms with Crippen molar-refractivity contribution < 1.29 is 9.53 Å². The predicted octanol–water partition coefficient (Wildman–Crippen LogP) is 4.65. The minimum atomic E-state index is 0.145. The van der Waals surface area contributed by atoms with Gasteiger partial charge in [0.25, 0.3) is 0 Å². The lowest BCUT2D eigenvalue weighted by Crippen LogP contribution is -2.47. The number of anilines is 1. The third-order valence-corrected chi connectivity index (χ3v) is 7.05. The van der Waals surface area contributed by atoms with E-state index in [0.29, 0.717) is 12.3 Å². The Hall–Kier alpha value is -2.53. The van der Waals surface area contributed by atoms with E-state index >= 15 is 0 Å². The van der Waals surface area contributed by atoms with Crippen LogP contribution in [0.3, 0.4) is 0 Å². The fraction of sp³-hybridized carbons (Fsp3) is 0.519. The van der Waals surface area contributed by atoms with Gasteiger partial charge in [-0.05, 0) is 36.5 Å². The van der Waals surface area contributed by atoms with Crippen LogP contribution in [0.25, 0.3) is 0 Å². The SMILES string of the molecule is COc1ccccc1N1CCN(CCC(=O)NC(c2ccccc2)C2CCCCC2)CC1. The second kappa shape index (κ2) is 11.4. The number of methoxy groups -OCH3 is 1. The van der Waals surface area contributed by atoms with Crippen molar-refractivity contribution in [1.29, 1.82) is 0 Å². The number of piperazine rings is 1. The van der Waals surface area contributed by atoms with Crippen molar-refractivity contribution >= 4 is 11.6 Å². The number of ether oxygens (including phenoxy) is 1. The Morgan fingerprint density at radius 1 is 0.969 bits per heavy atom. The normalized spacial score (nSPS) is 18.8. The summed E-state index contributed by atoms with van der Waals surface area (Å²) in [4.78, 5) is 17.7. The van der Waals surface area contributed by atoms with Crippen LogP contribution in [0.1, 0.15) is 50.1 Å². The quantitative estimate of drug-likeness (QED) is 0.656. The number of para-hydroxylation sites is 2. The molecule has 1 amide bonds. The molecule has 2 aromatic carbocycles. The molecule has 0 bridgehead atoms. The summed E-state index contributed by atoms with van der Waals surface area (Å²) in [5, 5.41) is 3.40. The zero-order valence-electron chi connectivity index (χ0n) is 19.3. The van der Waals surface area contributed by atoms with Crippen molar-refractivity contribution in [1.82, 2.24) is 10.2 Å². The molecule has 5 nitrogen and oxygen atoms in total. The molecular formula is C27H37N3O2. The number of rotatable bonds is 8. The summed E-state index contributed by atoms with van der Waals surface area (Å²) in [5.74, 6) is 1.66. The van der Waals surface area contributed by atoms with Gasteiger partial charge in [-0.15, -0.1) is 0 Å². The van der Waals surface area contributed by atoms with E-state index in [1.165, 1.54) is 37.7 Å². The molecule has 1 atom stereocenters. The molecule has 4 rings (SSSR count). The molecule has 0 radical (unpaired) electrons. The third kappa shape index (κ3) is 5.83. The van der Waals surface area contributed by atoms with Crippen LogP contribution >= 0.6 is 0 Å². The Morgan fingerprint density at radius 3 is 2.38 bits per heavy atom. The first kappa shape index (κ1) is 22.7. The number of amides is 1. The van der Waals surface area contributed by atoms with Gasteiger partial charge in [0, 0.05) is 39.1 Å². The summed E-state index contributed by atoms with van der Waals surface area (Å²) < 4.78 is 5.52. The van der Waals surface area contributed by atoms with Gasteiger partial charge in [-0.3, -0.25) is 9.69 Å². The maximum Gasteiger partial charge on any atom is 0.221 e. The Balaban J connectivity index is 1.28. The molecule has 32 heavy (non-hydrogen) atoms. The molecule has 1 N–H and O–H groups in total. The van der Waals surface area contributed by atoms with Crippen LogP contribution in [0.2, 0.25) is 0 Å². The number of carbonyl (C=O) groups excluding carboxylic acids is 1. The highest BCUT2D eigenvalue weighted by Gasteiger charge is 2.27. The molecule has 0 aromatic heterocycles. The van der Waals surface area contributed by atoms with E-state index in [0.717, 1.165) is 44.2 Å². The van der Waals surface area contributed by atoms with E-state index in [1.54, 1.807) is 7.11 Å². The van der Waals surface area contributed by atoms with Crippen LogP contribution < -0.4 is 15.0 Å². The monoisotopic (exact) mass is 435 g/mol. The molecule has 172 valence electrons. The van der Waals surface area contributed by atoms with Gasteiger partial charge >= 0.3 is 0 Å². The highest BCUT2D eigenvalue weighted by Crippen LogP contribution is 2.34. The average Bonchev–Trinajstić information content (AvgIpc) is 2.87. The molecule has 1 aliphatic carbocycles. The summed E-state index contributed by atoms with van der Waals surface area (Å²) in [6.07, 6.45) is 6.87. The average molecular weight is 436 g/mol. The standard InChI is InChI=1S/C27H37N3O2/c1-32-25-15-9-8-14-24(25)30-20-18-29(19-21-30)17-16-26(31)28-27(22-10-4-2-5-11-22)23-12-6-3-7-13-23/h2,4-5,8-11,14-15,23,27H,3,6-7,12-13,16-21H2,1H3,(H,28,31). The largest absolute Gasteiger partial charge is 0.495 e. The molecule has 5 heteroatoms. The smallest absolute Gasteiger partial charge is 0.221 e. The Labute approximate surface area is 192 Å². The summed E-state index contributed by atoms with van der Waals surface area (Å²) in [7, 11) is 1.73. The van der Waals surface area contributed by atoms with Crippen LogP contribution in [0.5, 0.6) is 5.75 Å². The number of nitrogens with zero attached hydrogens (tertiary/aromatic N) is 2. The first-order valence-electron chi connectivity index (χ1n) is 12.2. The fourth-order valence-electron chi connectivity index (χ4n) is 5.21. The summed E-state index contributed by atoms with van der Waals surface area (Å²) in [6, 6.07) is 18.9. The van der Waals surface area contributed by atoms with Crippen LogP contribution in [0.15, 0.2) is 54.6 Å². The Kier molecular flexibility index (Phi) is 8.05. The summed E-state index contributed by atoms with van der Waals surface area (Å²) in [5.41, 5.74) is 2.41. The van der Waals surface area contributed by atoms with Crippen molar-refractivity contribution in [3.8, 4) is 5.75 Å². The van der Waals surface area contributed by atoms with Crippen LogP contribution in [0, 0.1) is 5.92 Å². The van der Waals surface area contributed by atoms with E-state index in [4.69, 9.17) is 4.74 Å². The van der Waals surface area contributed by atoms with Crippen molar-refractivity contribution in [2.45, 2.75) is 44.6 Å². The van der Waals surface area contributed by atoms with Gasteiger partial charge in [-0.1, -0.05) is 61.7 Å². The molecule has 2 aliphatic rings.